The molecule has 110 valence electrons. The molecule has 2 fully saturated rings. The number of nitrogens with zero attached hydrogens (tertiary/aromatic N) is 1. The van der Waals surface area contributed by atoms with Crippen molar-refractivity contribution in [2.75, 3.05) is 26.2 Å². The van der Waals surface area contributed by atoms with Gasteiger partial charge in [0, 0.05) is 18.6 Å². The topological polar surface area (TPSA) is 44.4 Å². The van der Waals surface area contributed by atoms with Crippen molar-refractivity contribution in [2.45, 2.75) is 58.0 Å². The highest BCUT2D eigenvalue weighted by Crippen LogP contribution is 2.20. The van der Waals surface area contributed by atoms with Crippen LogP contribution in [0.25, 0.3) is 0 Å². The summed E-state index contributed by atoms with van der Waals surface area (Å²) in [6.45, 7) is 8.59. The van der Waals surface area contributed by atoms with Crippen LogP contribution in [0.1, 0.15) is 46.0 Å². The minimum Gasteiger partial charge on any atom is -0.352 e. The molecule has 1 aliphatic carbocycles. The van der Waals surface area contributed by atoms with Crippen LogP contribution < -0.4 is 10.6 Å². The fourth-order valence-electron chi connectivity index (χ4n) is 2.95. The van der Waals surface area contributed by atoms with Gasteiger partial charge in [0.2, 0.25) is 5.91 Å². The molecule has 0 bridgehead atoms. The van der Waals surface area contributed by atoms with Gasteiger partial charge in [0.25, 0.3) is 0 Å². The first-order valence-corrected chi connectivity index (χ1v) is 7.94. The molecule has 1 saturated carbocycles. The highest BCUT2D eigenvalue weighted by molar-refractivity contribution is 5.78. The van der Waals surface area contributed by atoms with Crippen molar-refractivity contribution in [3.05, 3.63) is 0 Å². The standard InChI is InChI=1S/C15H29N3O/c1-3-8-18-9-4-5-13(11-18)12(2)16-10-15(19)17-14-6-7-14/h12-14,16H,3-11H2,1-2H3,(H,17,19). The fourth-order valence-corrected chi connectivity index (χ4v) is 2.95. The Bertz CT molecular complexity index is 289. The van der Waals surface area contributed by atoms with Gasteiger partial charge in [-0.3, -0.25) is 4.79 Å². The van der Waals surface area contributed by atoms with Gasteiger partial charge in [-0.2, -0.15) is 0 Å². The summed E-state index contributed by atoms with van der Waals surface area (Å²) in [5, 5.41) is 6.44. The first-order chi connectivity index (χ1) is 9.19. The summed E-state index contributed by atoms with van der Waals surface area (Å²) >= 11 is 0. The van der Waals surface area contributed by atoms with Crippen LogP contribution in [0, 0.1) is 5.92 Å². The minimum atomic E-state index is 0.163. The third kappa shape index (κ3) is 5.11. The number of rotatable bonds is 7. The van der Waals surface area contributed by atoms with Crippen LogP contribution in [0.2, 0.25) is 0 Å². The van der Waals surface area contributed by atoms with E-state index in [2.05, 4.69) is 29.4 Å². The predicted molar refractivity (Wildman–Crippen MR) is 78.1 cm³/mol. The average Bonchev–Trinajstić information content (AvgIpc) is 3.20. The van der Waals surface area contributed by atoms with Crippen molar-refractivity contribution in [2.24, 2.45) is 5.92 Å². The van der Waals surface area contributed by atoms with E-state index in [0.717, 1.165) is 12.8 Å². The van der Waals surface area contributed by atoms with E-state index in [1.807, 2.05) is 0 Å². The molecule has 0 radical (unpaired) electrons. The first kappa shape index (κ1) is 14.8. The second-order valence-electron chi connectivity index (χ2n) is 6.21. The van der Waals surface area contributed by atoms with Crippen molar-refractivity contribution in [1.82, 2.24) is 15.5 Å². The molecule has 2 N–H and O–H groups in total. The lowest BCUT2D eigenvalue weighted by atomic mass is 9.91. The Morgan fingerprint density at radius 2 is 2.16 bits per heavy atom. The van der Waals surface area contributed by atoms with Crippen LogP contribution in [0.5, 0.6) is 0 Å². The molecule has 1 aliphatic heterocycles. The van der Waals surface area contributed by atoms with Gasteiger partial charge in [0.15, 0.2) is 0 Å². The monoisotopic (exact) mass is 267 g/mol. The first-order valence-electron chi connectivity index (χ1n) is 7.94. The minimum absolute atomic E-state index is 0.163. The maximum atomic E-state index is 11.7. The van der Waals surface area contributed by atoms with Crippen molar-refractivity contribution < 1.29 is 4.79 Å². The Morgan fingerprint density at radius 3 is 2.84 bits per heavy atom. The number of piperidine rings is 1. The lowest BCUT2D eigenvalue weighted by molar-refractivity contribution is -0.120. The van der Waals surface area contributed by atoms with Crippen molar-refractivity contribution in [3.8, 4) is 0 Å². The second-order valence-corrected chi connectivity index (χ2v) is 6.21. The zero-order valence-corrected chi connectivity index (χ0v) is 12.5. The van der Waals surface area contributed by atoms with Gasteiger partial charge in [0.1, 0.15) is 0 Å². The van der Waals surface area contributed by atoms with Gasteiger partial charge in [-0.15, -0.1) is 0 Å². The van der Waals surface area contributed by atoms with Crippen LogP contribution >= 0.6 is 0 Å². The molecule has 4 heteroatoms. The van der Waals surface area contributed by atoms with E-state index >= 15 is 0 Å². The van der Waals surface area contributed by atoms with Crippen molar-refractivity contribution in [3.63, 3.8) is 0 Å². The number of carbonyl (C=O) groups is 1. The summed E-state index contributed by atoms with van der Waals surface area (Å²) in [5.74, 6) is 0.851. The van der Waals surface area contributed by atoms with Gasteiger partial charge in [-0.25, -0.2) is 0 Å². The Labute approximate surface area is 117 Å². The van der Waals surface area contributed by atoms with Gasteiger partial charge in [-0.05, 0) is 58.0 Å². The SMILES string of the molecule is CCCN1CCCC(C(C)NCC(=O)NC2CC2)C1. The summed E-state index contributed by atoms with van der Waals surface area (Å²) in [7, 11) is 0. The van der Waals surface area contributed by atoms with Crippen molar-refractivity contribution >= 4 is 5.91 Å². The molecule has 1 amide bonds. The van der Waals surface area contributed by atoms with Crippen LogP contribution in [0.4, 0.5) is 0 Å². The highest BCUT2D eigenvalue weighted by Gasteiger charge is 2.26. The molecular weight excluding hydrogens is 238 g/mol. The molecule has 1 saturated heterocycles. The molecule has 0 spiro atoms. The number of likely N-dealkylation sites (tertiary alicyclic amines) is 1. The van der Waals surface area contributed by atoms with Crippen molar-refractivity contribution in [1.29, 1.82) is 0 Å². The summed E-state index contributed by atoms with van der Waals surface area (Å²) in [4.78, 5) is 14.2. The second kappa shape index (κ2) is 7.25. The van der Waals surface area contributed by atoms with E-state index in [1.165, 1.54) is 38.9 Å². The third-order valence-electron chi connectivity index (χ3n) is 4.32. The number of nitrogens with one attached hydrogen (secondary N) is 2. The quantitative estimate of drug-likeness (QED) is 0.732. The van der Waals surface area contributed by atoms with Gasteiger partial charge in [-0.1, -0.05) is 6.92 Å². The van der Waals surface area contributed by atoms with E-state index < -0.39 is 0 Å². The number of hydrogen-bond acceptors (Lipinski definition) is 3. The zero-order chi connectivity index (χ0) is 13.7. The summed E-state index contributed by atoms with van der Waals surface area (Å²) in [5.41, 5.74) is 0. The summed E-state index contributed by atoms with van der Waals surface area (Å²) in [6, 6.07) is 0.906. The zero-order valence-electron chi connectivity index (χ0n) is 12.5. The van der Waals surface area contributed by atoms with Crippen LogP contribution in [-0.2, 0) is 4.79 Å². The lowest BCUT2D eigenvalue weighted by Crippen LogP contribution is -2.47. The smallest absolute Gasteiger partial charge is 0.234 e. The number of hydrogen-bond donors (Lipinski definition) is 2. The van der Waals surface area contributed by atoms with Crippen LogP contribution in [-0.4, -0.2) is 49.1 Å². The third-order valence-corrected chi connectivity index (χ3v) is 4.32. The lowest BCUT2D eigenvalue weighted by Gasteiger charge is -2.36. The summed E-state index contributed by atoms with van der Waals surface area (Å²) in [6.07, 6.45) is 6.15. The molecule has 0 aromatic carbocycles. The van der Waals surface area contributed by atoms with E-state index in [-0.39, 0.29) is 5.91 Å². The van der Waals surface area contributed by atoms with Gasteiger partial charge >= 0.3 is 0 Å². The average molecular weight is 267 g/mol. The van der Waals surface area contributed by atoms with Gasteiger partial charge < -0.3 is 15.5 Å². The van der Waals surface area contributed by atoms with E-state index in [1.54, 1.807) is 0 Å². The van der Waals surface area contributed by atoms with Gasteiger partial charge in [0.05, 0.1) is 6.54 Å². The molecule has 19 heavy (non-hydrogen) atoms. The largest absolute Gasteiger partial charge is 0.352 e. The normalized spacial score (nSPS) is 26.1. The molecule has 2 aliphatic rings. The Morgan fingerprint density at radius 1 is 1.37 bits per heavy atom. The molecule has 0 aromatic rings. The number of amides is 1. The Hall–Kier alpha value is -0.610. The molecule has 2 rings (SSSR count). The maximum Gasteiger partial charge on any atom is 0.234 e. The van der Waals surface area contributed by atoms with Crippen LogP contribution in [0.3, 0.4) is 0 Å². The fraction of sp³-hybridized carbons (Fsp3) is 0.933. The molecule has 2 unspecified atom stereocenters. The molecule has 1 heterocycles. The Kier molecular flexibility index (Phi) is 5.64. The van der Waals surface area contributed by atoms with E-state index in [0.29, 0.717) is 24.5 Å². The number of carbonyl (C=O) groups excluding carboxylic acids is 1. The predicted octanol–water partition coefficient (Wildman–Crippen LogP) is 1.37. The maximum absolute atomic E-state index is 11.7. The summed E-state index contributed by atoms with van der Waals surface area (Å²) < 4.78 is 0. The Balaban J connectivity index is 1.66. The molecule has 0 aromatic heterocycles. The molecule has 4 nitrogen and oxygen atoms in total. The van der Waals surface area contributed by atoms with E-state index in [9.17, 15) is 4.79 Å². The van der Waals surface area contributed by atoms with E-state index in [4.69, 9.17) is 0 Å². The van der Waals surface area contributed by atoms with Crippen LogP contribution in [0.15, 0.2) is 0 Å². The molecular formula is C15H29N3O. The highest BCUT2D eigenvalue weighted by atomic mass is 16.2. The molecule has 2 atom stereocenters.